The van der Waals surface area contributed by atoms with E-state index in [0.717, 1.165) is 0 Å². The highest BCUT2D eigenvalue weighted by molar-refractivity contribution is 6.30. The van der Waals surface area contributed by atoms with Crippen molar-refractivity contribution in [3.8, 4) is 0 Å². The molecule has 0 spiro atoms. The van der Waals surface area contributed by atoms with Gasteiger partial charge in [0, 0.05) is 25.9 Å². The highest BCUT2D eigenvalue weighted by atomic mass is 35.5. The zero-order valence-corrected chi connectivity index (χ0v) is 10.1. The first-order valence-corrected chi connectivity index (χ1v) is 5.25. The summed E-state index contributed by atoms with van der Waals surface area (Å²) in [5.74, 6) is 0. The quantitative estimate of drug-likeness (QED) is 0.858. The van der Waals surface area contributed by atoms with Gasteiger partial charge in [0.25, 0.3) is 0 Å². The lowest BCUT2D eigenvalue weighted by Gasteiger charge is -2.07. The van der Waals surface area contributed by atoms with Gasteiger partial charge in [0.2, 0.25) is 0 Å². The molecule has 5 nitrogen and oxygen atoms in total. The van der Waals surface area contributed by atoms with Crippen molar-refractivity contribution < 1.29 is 5.11 Å². The summed E-state index contributed by atoms with van der Waals surface area (Å²) in [6.45, 7) is 1.81. The Morgan fingerprint density at radius 1 is 1.38 bits per heavy atom. The Bertz CT molecular complexity index is 517. The summed E-state index contributed by atoms with van der Waals surface area (Å²) in [6, 6.07) is 1.76. The van der Waals surface area contributed by atoms with Crippen LogP contribution < -0.4 is 0 Å². The molecule has 0 fully saturated rings. The van der Waals surface area contributed by atoms with Gasteiger partial charge in [0.05, 0.1) is 11.4 Å². The van der Waals surface area contributed by atoms with Crippen molar-refractivity contribution in [2.24, 2.45) is 14.1 Å². The number of hydrogen-bond acceptors (Lipinski definition) is 3. The van der Waals surface area contributed by atoms with Crippen molar-refractivity contribution in [2.45, 2.75) is 13.0 Å². The number of nitrogens with zero attached hydrogens (tertiary/aromatic N) is 4. The minimum Gasteiger partial charge on any atom is -0.382 e. The second-order valence-corrected chi connectivity index (χ2v) is 4.09. The maximum atomic E-state index is 10.2. The third-order valence-electron chi connectivity index (χ3n) is 2.48. The summed E-state index contributed by atoms with van der Waals surface area (Å²) in [4.78, 5) is 0. The zero-order chi connectivity index (χ0) is 11.9. The van der Waals surface area contributed by atoms with Gasteiger partial charge < -0.3 is 5.11 Å². The number of aryl methyl sites for hydroxylation is 3. The Balaban J connectivity index is 2.44. The molecule has 0 saturated heterocycles. The number of aliphatic hydroxyl groups excluding tert-OH is 1. The number of halogens is 1. The molecule has 2 aromatic rings. The smallest absolute Gasteiger partial charge is 0.133 e. The first-order chi connectivity index (χ1) is 7.50. The van der Waals surface area contributed by atoms with Crippen LogP contribution in [0.5, 0.6) is 0 Å². The van der Waals surface area contributed by atoms with Gasteiger partial charge in [-0.2, -0.15) is 10.2 Å². The summed E-state index contributed by atoms with van der Waals surface area (Å²) >= 11 is 6.07. The molecular weight excluding hydrogens is 228 g/mol. The van der Waals surface area contributed by atoms with Crippen LogP contribution in [0.1, 0.15) is 23.1 Å². The summed E-state index contributed by atoms with van der Waals surface area (Å²) in [7, 11) is 3.54. The summed E-state index contributed by atoms with van der Waals surface area (Å²) in [5, 5.41) is 18.9. The molecule has 1 N–H and O–H groups in total. The van der Waals surface area contributed by atoms with Crippen LogP contribution in [0.15, 0.2) is 12.3 Å². The lowest BCUT2D eigenvalue weighted by atomic mass is 10.1. The van der Waals surface area contributed by atoms with Crippen LogP contribution in [0.4, 0.5) is 0 Å². The van der Waals surface area contributed by atoms with Crippen molar-refractivity contribution in [1.29, 1.82) is 0 Å². The average molecular weight is 241 g/mol. The Labute approximate surface area is 98.3 Å². The first-order valence-electron chi connectivity index (χ1n) is 4.87. The Kier molecular flexibility index (Phi) is 2.73. The fraction of sp³-hybridized carbons (Fsp3) is 0.400. The molecule has 2 heterocycles. The van der Waals surface area contributed by atoms with Crippen LogP contribution in [0, 0.1) is 6.92 Å². The van der Waals surface area contributed by atoms with Gasteiger partial charge >= 0.3 is 0 Å². The second-order valence-electron chi connectivity index (χ2n) is 3.73. The Hall–Kier alpha value is -1.33. The van der Waals surface area contributed by atoms with Crippen molar-refractivity contribution >= 4 is 11.6 Å². The predicted octanol–water partition coefficient (Wildman–Crippen LogP) is 1.20. The molecule has 0 bridgehead atoms. The van der Waals surface area contributed by atoms with E-state index in [-0.39, 0.29) is 0 Å². The first kappa shape index (κ1) is 11.2. The molecule has 2 rings (SSSR count). The van der Waals surface area contributed by atoms with E-state index in [9.17, 15) is 5.11 Å². The molecule has 0 radical (unpaired) electrons. The topological polar surface area (TPSA) is 55.9 Å². The maximum Gasteiger partial charge on any atom is 0.133 e. The fourth-order valence-corrected chi connectivity index (χ4v) is 1.96. The molecule has 0 aliphatic rings. The lowest BCUT2D eigenvalue weighted by Crippen LogP contribution is -2.03. The Morgan fingerprint density at radius 3 is 2.50 bits per heavy atom. The van der Waals surface area contributed by atoms with Gasteiger partial charge in [-0.3, -0.25) is 9.36 Å². The van der Waals surface area contributed by atoms with Gasteiger partial charge in [0.15, 0.2) is 0 Å². The van der Waals surface area contributed by atoms with E-state index in [1.54, 1.807) is 35.7 Å². The highest BCUT2D eigenvalue weighted by Crippen LogP contribution is 2.29. The van der Waals surface area contributed by atoms with E-state index in [2.05, 4.69) is 10.2 Å². The summed E-state index contributed by atoms with van der Waals surface area (Å²) in [5.41, 5.74) is 1.90. The normalized spacial score (nSPS) is 13.1. The van der Waals surface area contributed by atoms with Gasteiger partial charge in [-0.25, -0.2) is 0 Å². The number of aromatic nitrogens is 4. The van der Waals surface area contributed by atoms with Crippen LogP contribution in [0.25, 0.3) is 0 Å². The standard InChI is InChI=1S/C10H13ClN4O/c1-6-8(10(11)15(3)12-6)9(16)7-4-5-14(2)13-7/h4-5,9,16H,1-3H3. The molecule has 0 aliphatic carbocycles. The van der Waals surface area contributed by atoms with Crippen molar-refractivity contribution in [3.05, 3.63) is 34.4 Å². The van der Waals surface area contributed by atoms with Crippen LogP contribution in [0.2, 0.25) is 5.15 Å². The Morgan fingerprint density at radius 2 is 2.06 bits per heavy atom. The fourth-order valence-electron chi connectivity index (χ4n) is 1.68. The molecule has 16 heavy (non-hydrogen) atoms. The van der Waals surface area contributed by atoms with Crippen LogP contribution >= 0.6 is 11.6 Å². The van der Waals surface area contributed by atoms with E-state index in [0.29, 0.717) is 22.1 Å². The van der Waals surface area contributed by atoms with E-state index in [1.807, 2.05) is 6.92 Å². The van der Waals surface area contributed by atoms with E-state index in [4.69, 9.17) is 11.6 Å². The lowest BCUT2D eigenvalue weighted by molar-refractivity contribution is 0.213. The maximum absolute atomic E-state index is 10.2. The molecule has 86 valence electrons. The van der Waals surface area contributed by atoms with Crippen LogP contribution in [0.3, 0.4) is 0 Å². The van der Waals surface area contributed by atoms with Crippen LogP contribution in [-0.2, 0) is 14.1 Å². The molecule has 1 atom stereocenters. The molecule has 0 saturated carbocycles. The van der Waals surface area contributed by atoms with Crippen molar-refractivity contribution in [2.75, 3.05) is 0 Å². The summed E-state index contributed by atoms with van der Waals surface area (Å²) in [6.07, 6.45) is 0.945. The largest absolute Gasteiger partial charge is 0.382 e. The molecule has 0 aromatic carbocycles. The molecule has 2 aromatic heterocycles. The number of rotatable bonds is 2. The minimum atomic E-state index is -0.831. The van der Waals surface area contributed by atoms with Gasteiger partial charge in [-0.15, -0.1) is 0 Å². The minimum absolute atomic E-state index is 0.440. The van der Waals surface area contributed by atoms with Crippen molar-refractivity contribution in [3.63, 3.8) is 0 Å². The predicted molar refractivity (Wildman–Crippen MR) is 60.2 cm³/mol. The third-order valence-corrected chi connectivity index (χ3v) is 2.93. The van der Waals surface area contributed by atoms with Crippen LogP contribution in [-0.4, -0.2) is 24.7 Å². The SMILES string of the molecule is Cc1nn(C)c(Cl)c1C(O)c1ccn(C)n1. The van der Waals surface area contributed by atoms with Crippen molar-refractivity contribution in [1.82, 2.24) is 19.6 Å². The van der Waals surface area contributed by atoms with E-state index < -0.39 is 6.10 Å². The molecule has 1 unspecified atom stereocenters. The zero-order valence-electron chi connectivity index (χ0n) is 9.35. The number of hydrogen-bond donors (Lipinski definition) is 1. The molecular formula is C10H13ClN4O. The molecule has 6 heteroatoms. The summed E-state index contributed by atoms with van der Waals surface area (Å²) < 4.78 is 3.18. The molecule has 0 aliphatic heterocycles. The monoisotopic (exact) mass is 240 g/mol. The number of aliphatic hydroxyl groups is 1. The third kappa shape index (κ3) is 1.72. The average Bonchev–Trinajstić information content (AvgIpc) is 2.73. The second kappa shape index (κ2) is 3.92. The van der Waals surface area contributed by atoms with E-state index in [1.165, 1.54) is 0 Å². The van der Waals surface area contributed by atoms with Gasteiger partial charge in [-0.05, 0) is 13.0 Å². The highest BCUT2D eigenvalue weighted by Gasteiger charge is 2.22. The van der Waals surface area contributed by atoms with Gasteiger partial charge in [0.1, 0.15) is 11.3 Å². The van der Waals surface area contributed by atoms with E-state index >= 15 is 0 Å². The molecule has 0 amide bonds. The van der Waals surface area contributed by atoms with Gasteiger partial charge in [-0.1, -0.05) is 11.6 Å².